The van der Waals surface area contributed by atoms with Crippen molar-refractivity contribution in [1.82, 2.24) is 15.2 Å². The van der Waals surface area contributed by atoms with Crippen LogP contribution in [0.5, 0.6) is 5.75 Å². The van der Waals surface area contributed by atoms with Crippen molar-refractivity contribution >= 4 is 0 Å². The van der Waals surface area contributed by atoms with Crippen LogP contribution in [0.1, 0.15) is 0 Å². The lowest BCUT2D eigenvalue weighted by Gasteiger charge is -2.03. The van der Waals surface area contributed by atoms with Crippen molar-refractivity contribution in [3.8, 4) is 16.9 Å². The topological polar surface area (TPSA) is 50.8 Å². The molecule has 0 saturated heterocycles. The van der Waals surface area contributed by atoms with Gasteiger partial charge in [-0.1, -0.05) is 0 Å². The second-order valence-corrected chi connectivity index (χ2v) is 2.56. The molecule has 2 aromatic rings. The monoisotopic (exact) mass is 175 g/mol. The fraction of sp³-hybridized carbons (Fsp3) is 0.111. The molecule has 2 heterocycles. The standard InChI is InChI=1S/C9H9N3O/c1-13-9-6-10-3-2-8(9)7-4-11-12-5-7/h2-6H,1H3,(H,11,12). The van der Waals surface area contributed by atoms with Gasteiger partial charge in [0.2, 0.25) is 0 Å². The van der Waals surface area contributed by atoms with Gasteiger partial charge in [-0.3, -0.25) is 10.1 Å². The summed E-state index contributed by atoms with van der Waals surface area (Å²) < 4.78 is 5.16. The summed E-state index contributed by atoms with van der Waals surface area (Å²) >= 11 is 0. The Labute approximate surface area is 75.6 Å². The van der Waals surface area contributed by atoms with Gasteiger partial charge in [-0.25, -0.2) is 0 Å². The molecule has 0 aliphatic heterocycles. The van der Waals surface area contributed by atoms with Crippen LogP contribution in [0.3, 0.4) is 0 Å². The van der Waals surface area contributed by atoms with Crippen molar-refractivity contribution in [2.24, 2.45) is 0 Å². The number of nitrogens with one attached hydrogen (secondary N) is 1. The summed E-state index contributed by atoms with van der Waals surface area (Å²) in [5.41, 5.74) is 1.99. The highest BCUT2D eigenvalue weighted by molar-refractivity contribution is 5.68. The number of aromatic nitrogens is 3. The van der Waals surface area contributed by atoms with Gasteiger partial charge in [-0.05, 0) is 6.07 Å². The van der Waals surface area contributed by atoms with Crippen molar-refractivity contribution < 1.29 is 4.74 Å². The molecule has 1 N–H and O–H groups in total. The Balaban J connectivity index is 2.51. The molecule has 0 unspecified atom stereocenters. The molecule has 13 heavy (non-hydrogen) atoms. The summed E-state index contributed by atoms with van der Waals surface area (Å²) in [6, 6.07) is 1.89. The molecule has 0 aliphatic carbocycles. The molecular formula is C9H9N3O. The van der Waals surface area contributed by atoms with E-state index in [1.54, 1.807) is 25.7 Å². The van der Waals surface area contributed by atoms with E-state index in [1.807, 2.05) is 12.3 Å². The van der Waals surface area contributed by atoms with Crippen molar-refractivity contribution in [2.75, 3.05) is 7.11 Å². The van der Waals surface area contributed by atoms with E-state index in [9.17, 15) is 0 Å². The Kier molecular flexibility index (Phi) is 1.96. The number of methoxy groups -OCH3 is 1. The van der Waals surface area contributed by atoms with Crippen LogP contribution in [0.25, 0.3) is 11.1 Å². The van der Waals surface area contributed by atoms with E-state index in [0.717, 1.165) is 16.9 Å². The summed E-state index contributed by atoms with van der Waals surface area (Å²) in [5, 5.41) is 6.63. The van der Waals surface area contributed by atoms with E-state index in [4.69, 9.17) is 4.74 Å². The van der Waals surface area contributed by atoms with E-state index in [1.165, 1.54) is 0 Å². The summed E-state index contributed by atoms with van der Waals surface area (Å²) in [4.78, 5) is 3.97. The summed E-state index contributed by atoms with van der Waals surface area (Å²) in [6.45, 7) is 0. The van der Waals surface area contributed by atoms with Gasteiger partial charge in [-0.2, -0.15) is 5.10 Å². The number of hydrogen-bond donors (Lipinski definition) is 1. The predicted molar refractivity (Wildman–Crippen MR) is 48.4 cm³/mol. The number of aromatic amines is 1. The smallest absolute Gasteiger partial charge is 0.145 e. The van der Waals surface area contributed by atoms with Crippen molar-refractivity contribution in [2.45, 2.75) is 0 Å². The predicted octanol–water partition coefficient (Wildman–Crippen LogP) is 1.48. The van der Waals surface area contributed by atoms with E-state index < -0.39 is 0 Å². The first-order valence-corrected chi connectivity index (χ1v) is 3.89. The van der Waals surface area contributed by atoms with Gasteiger partial charge in [0.25, 0.3) is 0 Å². The number of H-pyrrole nitrogens is 1. The highest BCUT2D eigenvalue weighted by Gasteiger charge is 2.04. The molecule has 0 radical (unpaired) electrons. The number of rotatable bonds is 2. The Bertz CT molecular complexity index is 384. The zero-order valence-electron chi connectivity index (χ0n) is 7.19. The fourth-order valence-electron chi connectivity index (χ4n) is 1.18. The lowest BCUT2D eigenvalue weighted by atomic mass is 10.1. The third-order valence-corrected chi connectivity index (χ3v) is 1.81. The van der Waals surface area contributed by atoms with Gasteiger partial charge >= 0.3 is 0 Å². The summed E-state index contributed by atoms with van der Waals surface area (Å²) in [7, 11) is 1.63. The summed E-state index contributed by atoms with van der Waals surface area (Å²) in [6.07, 6.45) is 6.98. The second-order valence-electron chi connectivity index (χ2n) is 2.56. The molecule has 0 spiro atoms. The Morgan fingerprint density at radius 3 is 3.00 bits per heavy atom. The molecule has 0 bridgehead atoms. The van der Waals surface area contributed by atoms with E-state index in [2.05, 4.69) is 15.2 Å². The van der Waals surface area contributed by atoms with E-state index in [0.29, 0.717) is 0 Å². The molecule has 4 heteroatoms. The fourth-order valence-corrected chi connectivity index (χ4v) is 1.18. The number of ether oxygens (including phenoxy) is 1. The van der Waals surface area contributed by atoms with Gasteiger partial charge in [0, 0.05) is 23.5 Å². The van der Waals surface area contributed by atoms with Crippen molar-refractivity contribution in [3.63, 3.8) is 0 Å². The first-order chi connectivity index (χ1) is 6.42. The van der Waals surface area contributed by atoms with Crippen LogP contribution in [0, 0.1) is 0 Å². The number of pyridine rings is 1. The molecule has 0 aliphatic rings. The van der Waals surface area contributed by atoms with Gasteiger partial charge in [0.15, 0.2) is 0 Å². The molecule has 0 saturated carbocycles. The molecule has 0 fully saturated rings. The minimum Gasteiger partial charge on any atom is -0.494 e. The number of nitrogens with zero attached hydrogens (tertiary/aromatic N) is 2. The molecule has 2 aromatic heterocycles. The van der Waals surface area contributed by atoms with Gasteiger partial charge in [0.1, 0.15) is 5.75 Å². The lowest BCUT2D eigenvalue weighted by molar-refractivity contribution is 0.414. The van der Waals surface area contributed by atoms with E-state index >= 15 is 0 Å². The maximum Gasteiger partial charge on any atom is 0.145 e. The third kappa shape index (κ3) is 1.38. The van der Waals surface area contributed by atoms with Crippen molar-refractivity contribution in [3.05, 3.63) is 30.9 Å². The van der Waals surface area contributed by atoms with Crippen LogP contribution < -0.4 is 4.74 Å². The minimum atomic E-state index is 0.754. The Morgan fingerprint density at radius 2 is 2.31 bits per heavy atom. The maximum absolute atomic E-state index is 5.16. The van der Waals surface area contributed by atoms with Crippen LogP contribution in [0.4, 0.5) is 0 Å². The molecule has 66 valence electrons. The average molecular weight is 175 g/mol. The Morgan fingerprint density at radius 1 is 1.38 bits per heavy atom. The maximum atomic E-state index is 5.16. The van der Waals surface area contributed by atoms with Crippen molar-refractivity contribution in [1.29, 1.82) is 0 Å². The first kappa shape index (κ1) is 7.79. The van der Waals surface area contributed by atoms with Crippen LogP contribution in [-0.4, -0.2) is 22.3 Å². The SMILES string of the molecule is COc1cnccc1-c1cn[nH]c1. The molecular weight excluding hydrogens is 166 g/mol. The normalized spacial score (nSPS) is 9.92. The number of hydrogen-bond acceptors (Lipinski definition) is 3. The highest BCUT2D eigenvalue weighted by atomic mass is 16.5. The van der Waals surface area contributed by atoms with Gasteiger partial charge < -0.3 is 4.74 Å². The van der Waals surface area contributed by atoms with Gasteiger partial charge in [-0.15, -0.1) is 0 Å². The molecule has 0 aromatic carbocycles. The minimum absolute atomic E-state index is 0.754. The molecule has 4 nitrogen and oxygen atoms in total. The van der Waals surface area contributed by atoms with Crippen LogP contribution in [0.15, 0.2) is 30.9 Å². The van der Waals surface area contributed by atoms with Crippen LogP contribution >= 0.6 is 0 Å². The van der Waals surface area contributed by atoms with Crippen LogP contribution in [0.2, 0.25) is 0 Å². The zero-order valence-corrected chi connectivity index (χ0v) is 7.19. The summed E-state index contributed by atoms with van der Waals surface area (Å²) in [5.74, 6) is 0.754. The van der Waals surface area contributed by atoms with Crippen LogP contribution in [-0.2, 0) is 0 Å². The second kappa shape index (κ2) is 3.26. The Hall–Kier alpha value is -1.84. The van der Waals surface area contributed by atoms with Gasteiger partial charge in [0.05, 0.1) is 19.5 Å². The highest BCUT2D eigenvalue weighted by Crippen LogP contribution is 2.27. The average Bonchev–Trinajstić information content (AvgIpc) is 2.70. The first-order valence-electron chi connectivity index (χ1n) is 3.89. The largest absolute Gasteiger partial charge is 0.494 e. The third-order valence-electron chi connectivity index (χ3n) is 1.81. The lowest BCUT2D eigenvalue weighted by Crippen LogP contribution is -1.87. The van der Waals surface area contributed by atoms with E-state index in [-0.39, 0.29) is 0 Å². The molecule has 0 atom stereocenters. The quantitative estimate of drug-likeness (QED) is 0.752. The molecule has 2 rings (SSSR count). The zero-order chi connectivity index (χ0) is 9.10. The molecule has 0 amide bonds.